The van der Waals surface area contributed by atoms with Crippen LogP contribution in [0.3, 0.4) is 0 Å². The third-order valence-electron chi connectivity index (χ3n) is 13.1. The van der Waals surface area contributed by atoms with Gasteiger partial charge in [0.15, 0.2) is 18.8 Å². The summed E-state index contributed by atoms with van der Waals surface area (Å²) in [5, 5.41) is 35.2. The first-order valence-corrected chi connectivity index (χ1v) is 33.7. The van der Waals surface area contributed by atoms with Crippen LogP contribution in [-0.2, 0) is 94.7 Å². The van der Waals surface area contributed by atoms with E-state index in [-0.39, 0.29) is 26.4 Å². The Morgan fingerprint density at radius 2 is 0.500 bits per heavy atom. The molecule has 0 bridgehead atoms. The van der Waals surface area contributed by atoms with Crippen molar-refractivity contribution in [2.75, 3.05) is 322 Å². The Kier molecular flexibility index (Phi) is 59.2. The Balaban J connectivity index is 1.63. The molecule has 0 spiro atoms. The van der Waals surface area contributed by atoms with Crippen molar-refractivity contribution in [3.05, 3.63) is 94.0 Å². The summed E-state index contributed by atoms with van der Waals surface area (Å²) in [6.07, 6.45) is 8.64. The summed E-state index contributed by atoms with van der Waals surface area (Å²) in [6, 6.07) is 17.0. The fraction of sp³-hybridized carbons (Fsp3) is 0.716. The van der Waals surface area contributed by atoms with Gasteiger partial charge in [-0.1, -0.05) is 40.2 Å². The number of benzene rings is 2. The van der Waals surface area contributed by atoms with Gasteiger partial charge in [-0.05, 0) is 58.7 Å². The molecule has 1 aliphatic rings. The molecule has 0 radical (unpaired) electrons. The van der Waals surface area contributed by atoms with Crippen LogP contribution >= 0.6 is 15.9 Å². The third kappa shape index (κ3) is 48.4. The maximum absolute atomic E-state index is 8.80. The lowest BCUT2D eigenvalue weighted by molar-refractivity contribution is -0.532. The van der Waals surface area contributed by atoms with E-state index in [9.17, 15) is 0 Å². The van der Waals surface area contributed by atoms with E-state index in [1.54, 1.807) is 0 Å². The molecule has 94 heavy (non-hydrogen) atoms. The molecule has 0 aliphatic heterocycles. The zero-order chi connectivity index (χ0) is 66.8. The van der Waals surface area contributed by atoms with E-state index in [1.165, 1.54) is 0 Å². The molecule has 27 heteroatoms. The second-order valence-electron chi connectivity index (χ2n) is 20.1. The first kappa shape index (κ1) is 84.9. The molecule has 3 rings (SSSR count). The van der Waals surface area contributed by atoms with Crippen molar-refractivity contribution in [2.45, 2.75) is 0 Å². The van der Waals surface area contributed by atoms with Gasteiger partial charge >= 0.3 is 0 Å². The predicted octanol–water partition coefficient (Wildman–Crippen LogP) is 2.94. The van der Waals surface area contributed by atoms with Crippen molar-refractivity contribution in [3.63, 3.8) is 0 Å². The average molecular weight is 1410 g/mol. The lowest BCUT2D eigenvalue weighted by Gasteiger charge is -2.25. The lowest BCUT2D eigenvalue weighted by atomic mass is 9.90. The fourth-order valence-electron chi connectivity index (χ4n) is 8.42. The summed E-state index contributed by atoms with van der Waals surface area (Å²) < 4.78 is 115. The zero-order valence-electron chi connectivity index (χ0n) is 55.6. The van der Waals surface area contributed by atoms with E-state index in [2.05, 4.69) is 98.2 Å². The van der Waals surface area contributed by atoms with Gasteiger partial charge in [0.1, 0.15) is 13.2 Å². The summed E-state index contributed by atoms with van der Waals surface area (Å²) in [5.41, 5.74) is 6.31. The number of aliphatic hydroxyl groups is 4. The van der Waals surface area contributed by atoms with Gasteiger partial charge in [0.25, 0.3) is 0 Å². The van der Waals surface area contributed by atoms with Crippen molar-refractivity contribution in [1.82, 2.24) is 0 Å². The molecule has 0 saturated carbocycles. The number of aliphatic hydroxyl groups excluding tert-OH is 4. The summed E-state index contributed by atoms with van der Waals surface area (Å²) in [7, 11) is 0. The zero-order valence-corrected chi connectivity index (χ0v) is 57.2. The average Bonchev–Trinajstić information content (AvgIpc) is 2.05. The van der Waals surface area contributed by atoms with Crippen LogP contribution < -0.4 is 4.90 Å². The van der Waals surface area contributed by atoms with Gasteiger partial charge < -0.3 is 120 Å². The summed E-state index contributed by atoms with van der Waals surface area (Å²) in [4.78, 5) is 2.26. The van der Waals surface area contributed by atoms with Crippen molar-refractivity contribution in [2.24, 2.45) is 0 Å². The summed E-state index contributed by atoms with van der Waals surface area (Å²) >= 11 is 3.65. The number of halogens is 1. The highest BCUT2D eigenvalue weighted by molar-refractivity contribution is 9.10. The molecule has 540 valence electrons. The molecular formula is C67H112BrN2O24+. The minimum absolute atomic E-state index is 0.00485. The van der Waals surface area contributed by atoms with Gasteiger partial charge in [0.05, 0.1) is 277 Å². The van der Waals surface area contributed by atoms with Crippen LogP contribution in [0.25, 0.3) is 5.57 Å². The van der Waals surface area contributed by atoms with Crippen LogP contribution in [0.2, 0.25) is 0 Å². The molecule has 0 unspecified atom stereocenters. The number of hydrogen-bond acceptors (Lipinski definition) is 25. The van der Waals surface area contributed by atoms with Crippen molar-refractivity contribution in [1.29, 1.82) is 0 Å². The Labute approximate surface area is 566 Å². The highest BCUT2D eigenvalue weighted by atomic mass is 79.9. The third-order valence-corrected chi connectivity index (χ3v) is 13.6. The highest BCUT2D eigenvalue weighted by Gasteiger charge is 2.18. The lowest BCUT2D eigenvalue weighted by Crippen LogP contribution is -2.31. The SMILES string of the molecule is OCCOCCOCCOCCOCCOCCN(CCOCCOCCOCCOCCOCCO)c1ccc(C(=C2C=CC(=[N+](CCOCCOCCOCCOCCOCCO)CCOCCOCCOCCOCCOCCO)C=C2)c2ccc(Br)cc2)cc1. The molecule has 26 nitrogen and oxygen atoms in total. The van der Waals surface area contributed by atoms with Crippen LogP contribution in [0, 0.1) is 0 Å². The normalized spacial score (nSPS) is 12.3. The van der Waals surface area contributed by atoms with Crippen LogP contribution in [-0.4, -0.2) is 348 Å². The van der Waals surface area contributed by atoms with Gasteiger partial charge in [-0.3, -0.25) is 0 Å². The van der Waals surface area contributed by atoms with E-state index >= 15 is 0 Å². The minimum Gasteiger partial charge on any atom is -0.394 e. The van der Waals surface area contributed by atoms with Gasteiger partial charge in [-0.15, -0.1) is 0 Å². The Morgan fingerprint density at radius 3 is 0.755 bits per heavy atom. The largest absolute Gasteiger partial charge is 0.394 e. The summed E-state index contributed by atoms with van der Waals surface area (Å²) in [5.74, 6) is 0. The van der Waals surface area contributed by atoms with Gasteiger partial charge in [0.2, 0.25) is 0 Å². The monoisotopic (exact) mass is 1410 g/mol. The first-order chi connectivity index (χ1) is 46.6. The summed E-state index contributed by atoms with van der Waals surface area (Å²) in [6.45, 7) is 19.9. The molecule has 0 aromatic heterocycles. The molecule has 0 atom stereocenters. The molecule has 0 saturated heterocycles. The van der Waals surface area contributed by atoms with Crippen molar-refractivity contribution >= 4 is 32.9 Å². The first-order valence-electron chi connectivity index (χ1n) is 32.9. The van der Waals surface area contributed by atoms with E-state index in [4.69, 9.17) is 115 Å². The van der Waals surface area contributed by atoms with Crippen molar-refractivity contribution < 1.29 is 120 Å². The molecular weight excluding hydrogens is 1300 g/mol. The molecule has 0 amide bonds. The quantitative estimate of drug-likeness (QED) is 0.0548. The second-order valence-corrected chi connectivity index (χ2v) is 21.0. The molecule has 2 aromatic rings. The van der Waals surface area contributed by atoms with Crippen LogP contribution in [0.15, 0.2) is 82.9 Å². The maximum atomic E-state index is 8.80. The van der Waals surface area contributed by atoms with E-state index in [1.807, 2.05) is 0 Å². The standard InChI is InChI=1S/C67H112BrN2O24/c68-64-7-1-61(2-8-64)67(62-3-9-65(10-4-62)69(13-21-75-29-37-83-45-53-91-57-49-87-41-33-79-25-17-71)14-22-76-30-38-84-46-54-92-58-50-88-42-34-80-26-18-72)63-5-11-66(12-6-63)70(15-23-77-31-39-85-47-55-93-59-51-89-43-35-81-27-19-73)16-24-78-32-40-86-48-56-94-60-52-90-44-36-82-28-20-74/h1-12,71-74H,13-60H2/q+1. The minimum atomic E-state index is -0.00485. The second kappa shape index (κ2) is 65.6. The number of hydrogen-bond donors (Lipinski definition) is 4. The number of nitrogens with zero attached hydrogens (tertiary/aromatic N) is 2. The number of anilines is 1. The van der Waals surface area contributed by atoms with Crippen molar-refractivity contribution in [3.8, 4) is 0 Å². The Morgan fingerprint density at radius 1 is 0.277 bits per heavy atom. The molecule has 2 aromatic carbocycles. The molecule has 0 fully saturated rings. The van der Waals surface area contributed by atoms with Crippen LogP contribution in [0.5, 0.6) is 0 Å². The van der Waals surface area contributed by atoms with E-state index in [0.717, 1.165) is 38.1 Å². The number of ether oxygens (including phenoxy) is 20. The van der Waals surface area contributed by atoms with Gasteiger partial charge in [-0.25, -0.2) is 4.58 Å². The van der Waals surface area contributed by atoms with Gasteiger partial charge in [-0.2, -0.15) is 0 Å². The van der Waals surface area contributed by atoms with Gasteiger partial charge in [0, 0.05) is 35.4 Å². The topological polar surface area (TPSA) is 272 Å². The number of rotatable bonds is 71. The fourth-order valence-corrected chi connectivity index (χ4v) is 8.68. The molecule has 0 heterocycles. The smallest absolute Gasteiger partial charge is 0.200 e. The van der Waals surface area contributed by atoms with E-state index in [0.29, 0.717) is 290 Å². The Bertz CT molecular complexity index is 2020. The molecule has 1 aliphatic carbocycles. The van der Waals surface area contributed by atoms with Crippen LogP contribution in [0.4, 0.5) is 5.69 Å². The van der Waals surface area contributed by atoms with Crippen LogP contribution in [0.1, 0.15) is 11.1 Å². The number of allylic oxidation sites excluding steroid dienone is 5. The highest BCUT2D eigenvalue weighted by Crippen LogP contribution is 2.32. The molecule has 4 N–H and O–H groups in total. The predicted molar refractivity (Wildman–Crippen MR) is 357 cm³/mol. The maximum Gasteiger partial charge on any atom is 0.200 e. The Hall–Kier alpha value is -3.35. The van der Waals surface area contributed by atoms with E-state index < -0.39 is 0 Å².